The highest BCUT2D eigenvalue weighted by Crippen LogP contribution is 2.28. The molecule has 3 heteroatoms. The number of rotatable bonds is 3. The number of H-pyrrole nitrogens is 1. The van der Waals surface area contributed by atoms with E-state index in [0.717, 1.165) is 22.3 Å². The van der Waals surface area contributed by atoms with Crippen LogP contribution in [0.25, 0.3) is 10.9 Å². The summed E-state index contributed by atoms with van der Waals surface area (Å²) in [5, 5.41) is 0.899. The Kier molecular flexibility index (Phi) is 3.03. The number of ketones is 1. The standard InChI is InChI=1S/C17H15NO2/c1-11-16(17(19)12-6-4-3-5-7-12)14-10-13(20-2)8-9-15(14)18-11/h3-10,18H,1-2H3. The van der Waals surface area contributed by atoms with E-state index in [2.05, 4.69) is 4.98 Å². The minimum atomic E-state index is 0.0302. The zero-order valence-corrected chi connectivity index (χ0v) is 11.4. The number of carbonyl (C=O) groups is 1. The number of nitrogens with one attached hydrogen (secondary N) is 1. The van der Waals surface area contributed by atoms with E-state index in [1.54, 1.807) is 7.11 Å². The van der Waals surface area contributed by atoms with Crippen molar-refractivity contribution in [2.45, 2.75) is 6.92 Å². The Balaban J connectivity index is 2.20. The summed E-state index contributed by atoms with van der Waals surface area (Å²) in [6, 6.07) is 15.0. The van der Waals surface area contributed by atoms with Crippen molar-refractivity contribution in [1.82, 2.24) is 4.98 Å². The van der Waals surface area contributed by atoms with E-state index < -0.39 is 0 Å². The van der Waals surface area contributed by atoms with Crippen LogP contribution in [-0.4, -0.2) is 17.9 Å². The highest BCUT2D eigenvalue weighted by atomic mass is 16.5. The van der Waals surface area contributed by atoms with Crippen LogP contribution < -0.4 is 4.74 Å². The van der Waals surface area contributed by atoms with E-state index in [1.807, 2.05) is 55.5 Å². The SMILES string of the molecule is COc1ccc2[nH]c(C)c(C(=O)c3ccccc3)c2c1. The largest absolute Gasteiger partial charge is 0.497 e. The van der Waals surface area contributed by atoms with E-state index >= 15 is 0 Å². The third-order valence-electron chi connectivity index (χ3n) is 3.46. The average Bonchev–Trinajstić information content (AvgIpc) is 2.82. The molecule has 20 heavy (non-hydrogen) atoms. The van der Waals surface area contributed by atoms with Gasteiger partial charge in [0.25, 0.3) is 0 Å². The third-order valence-corrected chi connectivity index (χ3v) is 3.46. The Labute approximate surface area is 117 Å². The molecule has 0 fully saturated rings. The minimum Gasteiger partial charge on any atom is -0.497 e. The van der Waals surface area contributed by atoms with Crippen molar-refractivity contribution < 1.29 is 9.53 Å². The zero-order chi connectivity index (χ0) is 14.1. The van der Waals surface area contributed by atoms with Gasteiger partial charge in [-0.15, -0.1) is 0 Å². The van der Waals surface area contributed by atoms with Crippen molar-refractivity contribution >= 4 is 16.7 Å². The maximum Gasteiger partial charge on any atom is 0.195 e. The van der Waals surface area contributed by atoms with Crippen molar-refractivity contribution in [3.63, 3.8) is 0 Å². The number of aryl methyl sites for hydroxylation is 1. The Morgan fingerprint density at radius 3 is 2.55 bits per heavy atom. The molecule has 0 aliphatic rings. The second kappa shape index (κ2) is 4.85. The van der Waals surface area contributed by atoms with E-state index in [0.29, 0.717) is 11.1 Å². The van der Waals surface area contributed by atoms with Crippen LogP contribution in [0, 0.1) is 6.92 Å². The van der Waals surface area contributed by atoms with Crippen LogP contribution in [0.4, 0.5) is 0 Å². The van der Waals surface area contributed by atoms with E-state index in [4.69, 9.17) is 4.74 Å². The summed E-state index contributed by atoms with van der Waals surface area (Å²) in [6.45, 7) is 1.92. The predicted octanol–water partition coefficient (Wildman–Crippen LogP) is 3.72. The van der Waals surface area contributed by atoms with Crippen LogP contribution in [0.3, 0.4) is 0 Å². The van der Waals surface area contributed by atoms with Crippen molar-refractivity contribution in [3.8, 4) is 5.75 Å². The lowest BCUT2D eigenvalue weighted by molar-refractivity contribution is 0.104. The lowest BCUT2D eigenvalue weighted by Gasteiger charge is -2.03. The number of hydrogen-bond acceptors (Lipinski definition) is 2. The molecule has 0 saturated heterocycles. The van der Waals surface area contributed by atoms with Gasteiger partial charge in [0.05, 0.1) is 12.7 Å². The molecule has 0 atom stereocenters. The fourth-order valence-corrected chi connectivity index (χ4v) is 2.46. The monoisotopic (exact) mass is 265 g/mol. The topological polar surface area (TPSA) is 42.1 Å². The van der Waals surface area contributed by atoms with Gasteiger partial charge in [-0.25, -0.2) is 0 Å². The van der Waals surface area contributed by atoms with Gasteiger partial charge in [0, 0.05) is 22.2 Å². The van der Waals surface area contributed by atoms with E-state index in [-0.39, 0.29) is 5.78 Å². The number of methoxy groups -OCH3 is 1. The van der Waals surface area contributed by atoms with Gasteiger partial charge >= 0.3 is 0 Å². The van der Waals surface area contributed by atoms with Crippen molar-refractivity contribution in [2.75, 3.05) is 7.11 Å². The summed E-state index contributed by atoms with van der Waals surface area (Å²) in [6.07, 6.45) is 0. The van der Waals surface area contributed by atoms with E-state index in [1.165, 1.54) is 0 Å². The summed E-state index contributed by atoms with van der Waals surface area (Å²) in [7, 11) is 1.62. The molecule has 3 aromatic rings. The Morgan fingerprint density at radius 1 is 1.10 bits per heavy atom. The highest BCUT2D eigenvalue weighted by molar-refractivity contribution is 6.17. The molecule has 3 nitrogen and oxygen atoms in total. The number of hydrogen-bond donors (Lipinski definition) is 1. The van der Waals surface area contributed by atoms with Gasteiger partial charge in [-0.05, 0) is 25.1 Å². The number of carbonyl (C=O) groups excluding carboxylic acids is 1. The van der Waals surface area contributed by atoms with Gasteiger partial charge in [0.15, 0.2) is 5.78 Å². The lowest BCUT2D eigenvalue weighted by atomic mass is 10.0. The van der Waals surface area contributed by atoms with E-state index in [9.17, 15) is 4.79 Å². The van der Waals surface area contributed by atoms with Crippen LogP contribution in [0.5, 0.6) is 5.75 Å². The van der Waals surface area contributed by atoms with Gasteiger partial charge < -0.3 is 9.72 Å². The van der Waals surface area contributed by atoms with Crippen molar-refractivity contribution in [2.24, 2.45) is 0 Å². The molecule has 1 N–H and O–H groups in total. The summed E-state index contributed by atoms with van der Waals surface area (Å²) >= 11 is 0. The number of ether oxygens (including phenoxy) is 1. The third kappa shape index (κ3) is 1.97. The molecule has 0 aliphatic carbocycles. The normalized spacial score (nSPS) is 10.7. The maximum absolute atomic E-state index is 12.7. The molecule has 1 heterocycles. The summed E-state index contributed by atoms with van der Waals surface area (Å²) < 4.78 is 5.25. The molecule has 0 amide bonds. The molecule has 3 rings (SSSR count). The fourth-order valence-electron chi connectivity index (χ4n) is 2.46. The fraction of sp³-hybridized carbons (Fsp3) is 0.118. The van der Waals surface area contributed by atoms with Crippen LogP contribution in [0.15, 0.2) is 48.5 Å². The number of fused-ring (bicyclic) bond motifs is 1. The molecule has 0 unspecified atom stereocenters. The number of aromatic nitrogens is 1. The van der Waals surface area contributed by atoms with Crippen LogP contribution >= 0.6 is 0 Å². The Morgan fingerprint density at radius 2 is 1.85 bits per heavy atom. The first kappa shape index (κ1) is 12.5. The molecule has 100 valence electrons. The molecule has 0 bridgehead atoms. The summed E-state index contributed by atoms with van der Waals surface area (Å²) in [5.74, 6) is 0.779. The molecular weight excluding hydrogens is 250 g/mol. The van der Waals surface area contributed by atoms with Crippen molar-refractivity contribution in [1.29, 1.82) is 0 Å². The maximum atomic E-state index is 12.7. The minimum absolute atomic E-state index is 0.0302. The highest BCUT2D eigenvalue weighted by Gasteiger charge is 2.17. The zero-order valence-electron chi connectivity index (χ0n) is 11.4. The van der Waals surface area contributed by atoms with Crippen molar-refractivity contribution in [3.05, 3.63) is 65.4 Å². The Bertz CT molecular complexity index is 772. The number of aromatic amines is 1. The van der Waals surface area contributed by atoms with Crippen LogP contribution in [0.1, 0.15) is 21.6 Å². The molecule has 0 saturated carbocycles. The Hall–Kier alpha value is -2.55. The van der Waals surface area contributed by atoms with Gasteiger partial charge in [-0.2, -0.15) is 0 Å². The van der Waals surface area contributed by atoms with Gasteiger partial charge in [0.2, 0.25) is 0 Å². The van der Waals surface area contributed by atoms with Crippen LogP contribution in [0.2, 0.25) is 0 Å². The molecule has 0 spiro atoms. The van der Waals surface area contributed by atoms with Gasteiger partial charge in [-0.3, -0.25) is 4.79 Å². The smallest absolute Gasteiger partial charge is 0.195 e. The molecule has 0 radical (unpaired) electrons. The first-order valence-corrected chi connectivity index (χ1v) is 6.47. The molecule has 0 aliphatic heterocycles. The van der Waals surface area contributed by atoms with Crippen LogP contribution in [-0.2, 0) is 0 Å². The molecule has 2 aromatic carbocycles. The van der Waals surface area contributed by atoms with Gasteiger partial charge in [-0.1, -0.05) is 30.3 Å². The number of benzene rings is 2. The first-order chi connectivity index (χ1) is 9.70. The molecule has 1 aromatic heterocycles. The quantitative estimate of drug-likeness (QED) is 0.733. The second-order valence-corrected chi connectivity index (χ2v) is 4.73. The average molecular weight is 265 g/mol. The summed E-state index contributed by atoms with van der Waals surface area (Å²) in [4.78, 5) is 15.9. The van der Waals surface area contributed by atoms with Gasteiger partial charge in [0.1, 0.15) is 5.75 Å². The summed E-state index contributed by atoms with van der Waals surface area (Å²) in [5.41, 5.74) is 3.23. The lowest BCUT2D eigenvalue weighted by Crippen LogP contribution is -2.02. The second-order valence-electron chi connectivity index (χ2n) is 4.73. The predicted molar refractivity (Wildman–Crippen MR) is 79.5 cm³/mol. The molecular formula is C17H15NO2. The first-order valence-electron chi connectivity index (χ1n) is 6.47.